The summed E-state index contributed by atoms with van der Waals surface area (Å²) in [5, 5.41) is 0. The second-order valence-electron chi connectivity index (χ2n) is 10.1. The van der Waals surface area contributed by atoms with E-state index in [9.17, 15) is 0 Å². The molecule has 0 amide bonds. The van der Waals surface area contributed by atoms with Crippen molar-refractivity contribution in [1.29, 1.82) is 0 Å². The average Bonchev–Trinajstić information content (AvgIpc) is 3.24. The number of allylic oxidation sites excluding steroid dienone is 6. The van der Waals surface area contributed by atoms with E-state index in [0.717, 1.165) is 0 Å². The molecule has 27 heavy (non-hydrogen) atoms. The Balaban J connectivity index is 1.86. The molecule has 1 aromatic rings. The predicted molar refractivity (Wildman–Crippen MR) is 114 cm³/mol. The van der Waals surface area contributed by atoms with Crippen LogP contribution in [-0.4, -0.2) is 0 Å². The van der Waals surface area contributed by atoms with E-state index in [2.05, 4.69) is 67.5 Å². The molecule has 0 unspecified atom stereocenters. The molecule has 0 aromatic heterocycles. The van der Waals surface area contributed by atoms with Crippen molar-refractivity contribution >= 4 is 5.57 Å². The van der Waals surface area contributed by atoms with Gasteiger partial charge in [0.25, 0.3) is 0 Å². The number of fused-ring (bicyclic) bond motifs is 3. The minimum absolute atomic E-state index is 0.250. The Morgan fingerprint density at radius 1 is 0.889 bits per heavy atom. The molecule has 0 bridgehead atoms. The second kappa shape index (κ2) is 6.41. The van der Waals surface area contributed by atoms with Gasteiger partial charge in [0.05, 0.1) is 0 Å². The molecule has 0 heterocycles. The van der Waals surface area contributed by atoms with Crippen LogP contribution in [0.25, 0.3) is 5.57 Å². The first-order chi connectivity index (χ1) is 12.6. The molecule has 142 valence electrons. The first-order valence-corrected chi connectivity index (χ1v) is 14.2. The van der Waals surface area contributed by atoms with Crippen LogP contribution in [0.1, 0.15) is 84.1 Å². The summed E-state index contributed by atoms with van der Waals surface area (Å²) in [5.74, 6) is 0. The molecule has 4 rings (SSSR count). The quantitative estimate of drug-likeness (QED) is 0.353. The first kappa shape index (κ1) is 19.6. The van der Waals surface area contributed by atoms with Crippen molar-refractivity contribution < 1.29 is 22.9 Å². The standard InChI is InChI=1S/C16H19.C10H15.Hf/c1-16(2,3)14-10-9-12-8-7-11-5-4-6-13(11)15(12)14;1-6-7(2)9(4)10(5)8(6)3;/h7-8H,4-6,9H2,1-3H3;1-5H3;. The molecule has 0 aliphatic heterocycles. The van der Waals surface area contributed by atoms with Gasteiger partial charge in [-0.3, -0.25) is 0 Å². The Morgan fingerprint density at radius 3 is 2.07 bits per heavy atom. The molecule has 0 atom stereocenters. The molecule has 0 saturated carbocycles. The van der Waals surface area contributed by atoms with Crippen molar-refractivity contribution in [2.45, 2.75) is 84.2 Å². The Bertz CT molecular complexity index is 904. The Hall–Kier alpha value is -0.690. The summed E-state index contributed by atoms with van der Waals surface area (Å²) >= 11 is -1.08. The van der Waals surface area contributed by atoms with E-state index >= 15 is 0 Å². The SMILES string of the molecule is CC1=C(C)[C](C)([Hf][C]2=C(C(C)(C)C)c3c(ccc4c3CCC4)C2)C(C)=C1C. The van der Waals surface area contributed by atoms with Crippen LogP contribution in [0.4, 0.5) is 0 Å². The third-order valence-corrected chi connectivity index (χ3v) is 14.7. The van der Waals surface area contributed by atoms with Gasteiger partial charge < -0.3 is 0 Å². The van der Waals surface area contributed by atoms with Gasteiger partial charge >= 0.3 is 178 Å². The summed E-state index contributed by atoms with van der Waals surface area (Å²) in [5.41, 5.74) is 15.2. The van der Waals surface area contributed by atoms with Crippen molar-refractivity contribution in [1.82, 2.24) is 0 Å². The van der Waals surface area contributed by atoms with Gasteiger partial charge in [-0.2, -0.15) is 0 Å². The van der Waals surface area contributed by atoms with Crippen molar-refractivity contribution in [2.24, 2.45) is 5.41 Å². The van der Waals surface area contributed by atoms with E-state index in [0.29, 0.717) is 3.17 Å². The number of benzene rings is 1. The van der Waals surface area contributed by atoms with Gasteiger partial charge in [-0.1, -0.05) is 0 Å². The molecule has 1 aromatic carbocycles. The summed E-state index contributed by atoms with van der Waals surface area (Å²) in [7, 11) is 0. The third-order valence-electron chi connectivity index (χ3n) is 7.63. The van der Waals surface area contributed by atoms with Gasteiger partial charge in [-0.15, -0.1) is 0 Å². The molecule has 3 aliphatic carbocycles. The Morgan fingerprint density at radius 2 is 1.48 bits per heavy atom. The minimum atomic E-state index is -1.08. The van der Waals surface area contributed by atoms with Crippen molar-refractivity contribution in [2.75, 3.05) is 0 Å². The first-order valence-electron chi connectivity index (χ1n) is 10.6. The van der Waals surface area contributed by atoms with Gasteiger partial charge in [0.15, 0.2) is 0 Å². The molecular formula is C26H34Hf. The van der Waals surface area contributed by atoms with Gasteiger partial charge in [0.1, 0.15) is 0 Å². The van der Waals surface area contributed by atoms with Crippen molar-refractivity contribution in [3.8, 4) is 0 Å². The molecular weight excluding hydrogens is 491 g/mol. The molecule has 0 radical (unpaired) electrons. The molecule has 0 spiro atoms. The van der Waals surface area contributed by atoms with E-state index in [4.69, 9.17) is 0 Å². The number of rotatable bonds is 2. The summed E-state index contributed by atoms with van der Waals surface area (Å²) in [6.45, 7) is 19.5. The van der Waals surface area contributed by atoms with Crippen LogP contribution in [0.3, 0.4) is 0 Å². The van der Waals surface area contributed by atoms with Crippen LogP contribution in [0.15, 0.2) is 37.8 Å². The monoisotopic (exact) mass is 526 g/mol. The fraction of sp³-hybridized carbons (Fsp3) is 0.538. The Labute approximate surface area is 177 Å². The van der Waals surface area contributed by atoms with E-state index in [1.165, 1.54) is 25.7 Å². The van der Waals surface area contributed by atoms with Crippen LogP contribution >= 0.6 is 0 Å². The van der Waals surface area contributed by atoms with Crippen LogP contribution in [-0.2, 0) is 42.2 Å². The topological polar surface area (TPSA) is 0 Å². The molecule has 0 N–H and O–H groups in total. The molecule has 3 aliphatic rings. The van der Waals surface area contributed by atoms with Crippen molar-refractivity contribution in [3.05, 3.63) is 60.0 Å². The zero-order valence-corrected chi connectivity index (χ0v) is 22.1. The maximum absolute atomic E-state index is 2.57. The second-order valence-corrected chi connectivity index (χ2v) is 16.8. The fourth-order valence-electron chi connectivity index (χ4n) is 5.62. The molecule has 0 saturated heterocycles. The van der Waals surface area contributed by atoms with E-state index in [1.54, 1.807) is 50.1 Å². The van der Waals surface area contributed by atoms with Crippen LogP contribution in [0.2, 0.25) is 3.17 Å². The van der Waals surface area contributed by atoms with Gasteiger partial charge in [-0.25, -0.2) is 0 Å². The summed E-state index contributed by atoms with van der Waals surface area (Å²) in [6, 6.07) is 4.92. The Kier molecular flexibility index (Phi) is 4.66. The van der Waals surface area contributed by atoms with E-state index < -0.39 is 22.9 Å². The third kappa shape index (κ3) is 2.86. The zero-order chi connectivity index (χ0) is 19.7. The van der Waals surface area contributed by atoms with E-state index in [-0.39, 0.29) is 5.41 Å². The molecule has 1 heteroatoms. The molecule has 0 nitrogen and oxygen atoms in total. The fourth-order valence-corrected chi connectivity index (χ4v) is 13.7. The zero-order valence-electron chi connectivity index (χ0n) is 18.5. The van der Waals surface area contributed by atoms with Gasteiger partial charge in [0, 0.05) is 0 Å². The predicted octanol–water partition coefficient (Wildman–Crippen LogP) is 7.44. The van der Waals surface area contributed by atoms with E-state index in [1.807, 2.05) is 3.33 Å². The normalized spacial score (nSPS) is 21.3. The van der Waals surface area contributed by atoms with Gasteiger partial charge in [-0.05, 0) is 0 Å². The van der Waals surface area contributed by atoms with Crippen LogP contribution in [0, 0.1) is 5.41 Å². The number of hydrogen-bond acceptors (Lipinski definition) is 0. The maximum atomic E-state index is 2.57. The average molecular weight is 525 g/mol. The van der Waals surface area contributed by atoms with Crippen LogP contribution in [0.5, 0.6) is 0 Å². The van der Waals surface area contributed by atoms with Gasteiger partial charge in [0.2, 0.25) is 0 Å². The molecule has 0 fully saturated rings. The number of aryl methyl sites for hydroxylation is 1. The number of hydrogen-bond donors (Lipinski definition) is 0. The summed E-state index contributed by atoms with van der Waals surface area (Å²) in [4.78, 5) is 0. The summed E-state index contributed by atoms with van der Waals surface area (Å²) < 4.78 is 2.27. The van der Waals surface area contributed by atoms with Crippen LogP contribution < -0.4 is 0 Å². The van der Waals surface area contributed by atoms with Crippen molar-refractivity contribution in [3.63, 3.8) is 0 Å². The summed E-state index contributed by atoms with van der Waals surface area (Å²) in [6.07, 6.45) is 5.18.